The fourth-order valence-electron chi connectivity index (χ4n) is 4.04. The second-order valence-electron chi connectivity index (χ2n) is 7.54. The highest BCUT2D eigenvalue weighted by molar-refractivity contribution is 7.89. The van der Waals surface area contributed by atoms with E-state index in [9.17, 15) is 12.8 Å². The number of halogens is 1. The molecule has 8 heteroatoms. The Bertz CT molecular complexity index is 1160. The molecular weight excluding hydrogens is 403 g/mol. The maximum atomic E-state index is 14.2. The van der Waals surface area contributed by atoms with E-state index in [0.717, 1.165) is 18.5 Å². The zero-order chi connectivity index (χ0) is 21.3. The van der Waals surface area contributed by atoms with E-state index >= 15 is 0 Å². The van der Waals surface area contributed by atoms with Crippen molar-refractivity contribution in [2.75, 3.05) is 13.1 Å². The summed E-state index contributed by atoms with van der Waals surface area (Å²) < 4.78 is 43.9. The summed E-state index contributed by atoms with van der Waals surface area (Å²) in [6.07, 6.45) is 3.03. The van der Waals surface area contributed by atoms with Gasteiger partial charge in [0, 0.05) is 36.8 Å². The standard InChI is InChI=1S/C22H25FN4O2S/c1-3-27-16(2)22(14-24-27)30(28,29)26-13-7-8-17(15-26)20-11-6-12-21(25-20)18-9-4-5-10-19(18)23/h4-6,9-12,14,17H,3,7-8,13,15H2,1-2H3/t17-/m0/s1. The van der Waals surface area contributed by atoms with Crippen LogP contribution in [0.1, 0.15) is 37.1 Å². The third-order valence-electron chi connectivity index (χ3n) is 5.70. The lowest BCUT2D eigenvalue weighted by atomic mass is 9.95. The molecule has 4 rings (SSSR count). The summed E-state index contributed by atoms with van der Waals surface area (Å²) >= 11 is 0. The van der Waals surface area contributed by atoms with Crippen LogP contribution in [0.25, 0.3) is 11.3 Å². The maximum absolute atomic E-state index is 14.2. The van der Waals surface area contributed by atoms with Crippen molar-refractivity contribution in [3.63, 3.8) is 0 Å². The lowest BCUT2D eigenvalue weighted by Gasteiger charge is -2.31. The minimum absolute atomic E-state index is 0.0400. The van der Waals surface area contributed by atoms with E-state index in [-0.39, 0.29) is 16.6 Å². The molecular formula is C22H25FN4O2S. The number of pyridine rings is 1. The Balaban J connectivity index is 1.61. The van der Waals surface area contributed by atoms with Gasteiger partial charge in [-0.2, -0.15) is 9.40 Å². The van der Waals surface area contributed by atoms with E-state index in [1.165, 1.54) is 16.6 Å². The zero-order valence-corrected chi connectivity index (χ0v) is 17.9. The van der Waals surface area contributed by atoms with E-state index < -0.39 is 10.0 Å². The summed E-state index contributed by atoms with van der Waals surface area (Å²) in [6.45, 7) is 5.16. The molecule has 0 radical (unpaired) electrons. The van der Waals surface area contributed by atoms with Crippen molar-refractivity contribution in [1.29, 1.82) is 0 Å². The van der Waals surface area contributed by atoms with Crippen molar-refractivity contribution in [1.82, 2.24) is 19.1 Å². The highest BCUT2D eigenvalue weighted by Gasteiger charge is 2.33. The highest BCUT2D eigenvalue weighted by Crippen LogP contribution is 2.31. The predicted octanol–water partition coefficient (Wildman–Crippen LogP) is 3.98. The number of hydrogen-bond donors (Lipinski definition) is 0. The molecule has 30 heavy (non-hydrogen) atoms. The van der Waals surface area contributed by atoms with Crippen LogP contribution in [0.2, 0.25) is 0 Å². The van der Waals surface area contributed by atoms with Crippen molar-refractivity contribution in [2.45, 2.75) is 44.0 Å². The fourth-order valence-corrected chi connectivity index (χ4v) is 5.72. The summed E-state index contributed by atoms with van der Waals surface area (Å²) in [5.41, 5.74) is 2.45. The highest BCUT2D eigenvalue weighted by atomic mass is 32.2. The van der Waals surface area contributed by atoms with Crippen molar-refractivity contribution in [2.24, 2.45) is 0 Å². The fraction of sp³-hybridized carbons (Fsp3) is 0.364. The number of rotatable bonds is 5. The maximum Gasteiger partial charge on any atom is 0.246 e. The Morgan fingerprint density at radius 3 is 2.70 bits per heavy atom. The molecule has 0 N–H and O–H groups in total. The Hall–Kier alpha value is -2.58. The smallest absolute Gasteiger partial charge is 0.246 e. The van der Waals surface area contributed by atoms with E-state index in [1.807, 2.05) is 19.1 Å². The van der Waals surface area contributed by atoms with Gasteiger partial charge in [-0.15, -0.1) is 0 Å². The van der Waals surface area contributed by atoms with Gasteiger partial charge < -0.3 is 0 Å². The first kappa shape index (κ1) is 20.7. The van der Waals surface area contributed by atoms with Gasteiger partial charge in [0.05, 0.1) is 17.6 Å². The zero-order valence-electron chi connectivity index (χ0n) is 17.1. The Morgan fingerprint density at radius 1 is 1.17 bits per heavy atom. The van der Waals surface area contributed by atoms with Crippen molar-refractivity contribution >= 4 is 10.0 Å². The van der Waals surface area contributed by atoms with Gasteiger partial charge in [-0.1, -0.05) is 18.2 Å². The van der Waals surface area contributed by atoms with Crippen LogP contribution in [0.15, 0.2) is 53.6 Å². The number of sulfonamides is 1. The molecule has 1 aliphatic heterocycles. The average molecular weight is 429 g/mol. The van der Waals surface area contributed by atoms with Gasteiger partial charge >= 0.3 is 0 Å². The van der Waals surface area contributed by atoms with Gasteiger partial charge in [-0.05, 0) is 51.0 Å². The number of aromatic nitrogens is 3. The molecule has 1 fully saturated rings. The predicted molar refractivity (Wildman–Crippen MR) is 113 cm³/mol. The van der Waals surface area contributed by atoms with Crippen molar-refractivity contribution in [3.8, 4) is 11.3 Å². The SMILES string of the molecule is CCn1ncc(S(=O)(=O)N2CCC[C@H](c3cccc(-c4ccccc4F)n3)C2)c1C. The minimum Gasteiger partial charge on any atom is -0.269 e. The molecule has 0 amide bonds. The monoisotopic (exact) mass is 428 g/mol. The van der Waals surface area contributed by atoms with Crippen molar-refractivity contribution in [3.05, 3.63) is 65.9 Å². The average Bonchev–Trinajstić information content (AvgIpc) is 3.15. The minimum atomic E-state index is -3.63. The second kappa shape index (κ2) is 8.28. The van der Waals surface area contributed by atoms with Gasteiger partial charge in [0.1, 0.15) is 10.7 Å². The Kier molecular flexibility index (Phi) is 5.71. The van der Waals surface area contributed by atoms with Crippen LogP contribution in [0.3, 0.4) is 0 Å². The largest absolute Gasteiger partial charge is 0.269 e. The van der Waals surface area contributed by atoms with Gasteiger partial charge in [0.15, 0.2) is 0 Å². The van der Waals surface area contributed by atoms with Crippen LogP contribution >= 0.6 is 0 Å². The third-order valence-corrected chi connectivity index (χ3v) is 7.67. The topological polar surface area (TPSA) is 68.1 Å². The first-order chi connectivity index (χ1) is 14.4. The summed E-state index contributed by atoms with van der Waals surface area (Å²) in [5.74, 6) is -0.361. The molecule has 0 bridgehead atoms. The Morgan fingerprint density at radius 2 is 1.97 bits per heavy atom. The molecule has 1 atom stereocenters. The molecule has 0 saturated carbocycles. The number of benzene rings is 1. The summed E-state index contributed by atoms with van der Waals surface area (Å²) in [7, 11) is -3.63. The van der Waals surface area contributed by atoms with Crippen LogP contribution in [0, 0.1) is 12.7 Å². The summed E-state index contributed by atoms with van der Waals surface area (Å²) in [6, 6.07) is 12.1. The van der Waals surface area contributed by atoms with Crippen LogP contribution < -0.4 is 0 Å². The molecule has 0 unspecified atom stereocenters. The quantitative estimate of drug-likeness (QED) is 0.616. The van der Waals surface area contributed by atoms with Crippen LogP contribution in [0.4, 0.5) is 4.39 Å². The number of piperidine rings is 1. The number of nitrogens with zero attached hydrogens (tertiary/aromatic N) is 4. The van der Waals surface area contributed by atoms with Gasteiger partial charge in [0.25, 0.3) is 0 Å². The van der Waals surface area contributed by atoms with Crippen molar-refractivity contribution < 1.29 is 12.8 Å². The molecule has 158 valence electrons. The third kappa shape index (κ3) is 3.77. The molecule has 0 aliphatic carbocycles. The molecule has 1 aromatic carbocycles. The number of hydrogen-bond acceptors (Lipinski definition) is 4. The van der Waals surface area contributed by atoms with Gasteiger partial charge in [-0.25, -0.2) is 12.8 Å². The van der Waals surface area contributed by atoms with Crippen LogP contribution in [-0.2, 0) is 16.6 Å². The van der Waals surface area contributed by atoms with Crippen LogP contribution in [-0.4, -0.2) is 40.6 Å². The van der Waals surface area contributed by atoms with Gasteiger partial charge in [-0.3, -0.25) is 9.67 Å². The van der Waals surface area contributed by atoms with Gasteiger partial charge in [0.2, 0.25) is 10.0 Å². The number of aryl methyl sites for hydroxylation is 1. The molecule has 3 heterocycles. The lowest BCUT2D eigenvalue weighted by Crippen LogP contribution is -2.39. The van der Waals surface area contributed by atoms with Crippen LogP contribution in [0.5, 0.6) is 0 Å². The van der Waals surface area contributed by atoms with E-state index in [1.54, 1.807) is 35.9 Å². The lowest BCUT2D eigenvalue weighted by molar-refractivity contribution is 0.312. The van der Waals surface area contributed by atoms with E-state index in [0.29, 0.717) is 36.6 Å². The second-order valence-corrected chi connectivity index (χ2v) is 9.45. The molecule has 2 aromatic heterocycles. The molecule has 6 nitrogen and oxygen atoms in total. The van der Waals surface area contributed by atoms with E-state index in [2.05, 4.69) is 10.1 Å². The molecule has 3 aromatic rings. The molecule has 1 saturated heterocycles. The normalized spacial score (nSPS) is 17.9. The summed E-state index contributed by atoms with van der Waals surface area (Å²) in [4.78, 5) is 4.94. The first-order valence-electron chi connectivity index (χ1n) is 10.2. The molecule has 0 spiro atoms. The Labute approximate surface area is 176 Å². The van der Waals surface area contributed by atoms with E-state index in [4.69, 9.17) is 0 Å². The molecule has 1 aliphatic rings. The summed E-state index contributed by atoms with van der Waals surface area (Å²) in [5, 5.41) is 4.19. The first-order valence-corrected chi connectivity index (χ1v) is 11.6.